The van der Waals surface area contributed by atoms with Crippen molar-refractivity contribution in [3.8, 4) is 17.2 Å². The number of nitrogens with two attached hydrogens (primary N) is 1. The quantitative estimate of drug-likeness (QED) is 0.849. The van der Waals surface area contributed by atoms with Gasteiger partial charge in [-0.15, -0.1) is 0 Å². The zero-order chi connectivity index (χ0) is 19.3. The van der Waals surface area contributed by atoms with Gasteiger partial charge in [0.1, 0.15) is 5.82 Å². The number of carbonyl (C=O) groups is 1. The molecule has 1 amide bonds. The Labute approximate surface area is 157 Å². The number of primary amides is 1. The van der Waals surface area contributed by atoms with E-state index in [4.69, 9.17) is 10.5 Å². The Hall–Kier alpha value is -2.75. The molecule has 0 bridgehead atoms. The second kappa shape index (κ2) is 8.30. The number of hydrogen-bond donors (Lipinski definition) is 2. The first-order valence-corrected chi connectivity index (χ1v) is 8.94. The number of hydrogen-bond acceptors (Lipinski definition) is 4. The van der Waals surface area contributed by atoms with Crippen molar-refractivity contribution in [3.05, 3.63) is 59.9 Å². The third-order valence-electron chi connectivity index (χ3n) is 4.95. The number of rotatable bonds is 5. The largest absolute Gasteiger partial charge is 0.367 e. The molecule has 140 valence electrons. The van der Waals surface area contributed by atoms with E-state index in [1.807, 2.05) is 24.3 Å². The molecule has 1 saturated heterocycles. The second-order valence-electron chi connectivity index (χ2n) is 6.72. The smallest absolute Gasteiger partial charge is 0.252 e. The van der Waals surface area contributed by atoms with Crippen LogP contribution in [0.3, 0.4) is 0 Å². The second-order valence-corrected chi connectivity index (χ2v) is 6.72. The van der Waals surface area contributed by atoms with Crippen LogP contribution in [0.25, 0.3) is 11.1 Å². The van der Waals surface area contributed by atoms with Crippen LogP contribution in [0.4, 0.5) is 4.39 Å². The summed E-state index contributed by atoms with van der Waals surface area (Å²) in [7, 11) is 0. The first-order valence-electron chi connectivity index (χ1n) is 8.94. The molecule has 0 aromatic heterocycles. The van der Waals surface area contributed by atoms with Gasteiger partial charge in [-0.3, -0.25) is 4.79 Å². The Morgan fingerprint density at radius 3 is 2.44 bits per heavy atom. The lowest BCUT2D eigenvalue weighted by Crippen LogP contribution is -2.57. The Bertz CT molecular complexity index is 820. The summed E-state index contributed by atoms with van der Waals surface area (Å²) in [5.41, 5.74) is 7.06. The summed E-state index contributed by atoms with van der Waals surface area (Å²) in [6.07, 6.45) is 1.12. The Kier molecular flexibility index (Phi) is 5.84. The SMILES string of the molecule is N#C[C@H](Cc1ccc(-c2ccc(F)cc2)cc1)C1(C(N)=O)CNCCCO1. The maximum atomic E-state index is 13.1. The first-order chi connectivity index (χ1) is 13.0. The summed E-state index contributed by atoms with van der Waals surface area (Å²) in [5.74, 6) is -1.59. The molecular formula is C21H22FN3O2. The third-order valence-corrected chi connectivity index (χ3v) is 4.95. The molecule has 6 heteroatoms. The fraction of sp³-hybridized carbons (Fsp3) is 0.333. The highest BCUT2D eigenvalue weighted by molar-refractivity contribution is 5.85. The molecule has 3 N–H and O–H groups in total. The number of nitrogens with zero attached hydrogens (tertiary/aromatic N) is 1. The molecule has 0 saturated carbocycles. The van der Waals surface area contributed by atoms with Crippen molar-refractivity contribution < 1.29 is 13.9 Å². The van der Waals surface area contributed by atoms with E-state index in [-0.39, 0.29) is 12.4 Å². The van der Waals surface area contributed by atoms with Gasteiger partial charge in [0.25, 0.3) is 5.91 Å². The van der Waals surface area contributed by atoms with E-state index in [9.17, 15) is 14.4 Å². The summed E-state index contributed by atoms with van der Waals surface area (Å²) in [4.78, 5) is 12.2. The van der Waals surface area contributed by atoms with Crippen LogP contribution in [-0.2, 0) is 16.0 Å². The number of carbonyl (C=O) groups excluding carboxylic acids is 1. The van der Waals surface area contributed by atoms with Crippen molar-refractivity contribution in [2.45, 2.75) is 18.4 Å². The lowest BCUT2D eigenvalue weighted by molar-refractivity contribution is -0.147. The van der Waals surface area contributed by atoms with Crippen molar-refractivity contribution in [2.24, 2.45) is 11.7 Å². The predicted octanol–water partition coefficient (Wildman–Crippen LogP) is 2.41. The number of halogens is 1. The van der Waals surface area contributed by atoms with Crippen LogP contribution in [0.15, 0.2) is 48.5 Å². The molecule has 1 aliphatic heterocycles. The molecule has 0 spiro atoms. The van der Waals surface area contributed by atoms with E-state index >= 15 is 0 Å². The molecule has 1 aliphatic rings. The average Bonchev–Trinajstić information content (AvgIpc) is 2.94. The van der Waals surface area contributed by atoms with Gasteiger partial charge in [-0.25, -0.2) is 4.39 Å². The van der Waals surface area contributed by atoms with Crippen LogP contribution >= 0.6 is 0 Å². The summed E-state index contributed by atoms with van der Waals surface area (Å²) < 4.78 is 18.9. The van der Waals surface area contributed by atoms with Gasteiger partial charge in [0.15, 0.2) is 5.60 Å². The highest BCUT2D eigenvalue weighted by Gasteiger charge is 2.46. The zero-order valence-electron chi connectivity index (χ0n) is 15.0. The molecule has 2 aromatic carbocycles. The number of nitriles is 1. The van der Waals surface area contributed by atoms with Crippen LogP contribution in [0.1, 0.15) is 12.0 Å². The summed E-state index contributed by atoms with van der Waals surface area (Å²) in [5, 5.41) is 12.9. The van der Waals surface area contributed by atoms with Gasteiger partial charge >= 0.3 is 0 Å². The average molecular weight is 367 g/mol. The molecule has 3 rings (SSSR count). The molecule has 0 aliphatic carbocycles. The fourth-order valence-electron chi connectivity index (χ4n) is 3.36. The van der Waals surface area contributed by atoms with Gasteiger partial charge in [0.05, 0.1) is 12.0 Å². The topological polar surface area (TPSA) is 88.1 Å². The van der Waals surface area contributed by atoms with Gasteiger partial charge < -0.3 is 15.8 Å². The van der Waals surface area contributed by atoms with Gasteiger partial charge in [-0.05, 0) is 48.2 Å². The van der Waals surface area contributed by atoms with Crippen LogP contribution in [0.5, 0.6) is 0 Å². The molecule has 1 unspecified atom stereocenters. The van der Waals surface area contributed by atoms with Crippen LogP contribution in [0, 0.1) is 23.1 Å². The predicted molar refractivity (Wildman–Crippen MR) is 100 cm³/mol. The van der Waals surface area contributed by atoms with E-state index in [1.165, 1.54) is 12.1 Å². The van der Waals surface area contributed by atoms with Gasteiger partial charge in [0, 0.05) is 13.2 Å². The van der Waals surface area contributed by atoms with Crippen molar-refractivity contribution in [2.75, 3.05) is 19.7 Å². The van der Waals surface area contributed by atoms with Crippen molar-refractivity contribution in [1.29, 1.82) is 5.26 Å². The van der Waals surface area contributed by atoms with E-state index in [0.29, 0.717) is 13.0 Å². The molecule has 27 heavy (non-hydrogen) atoms. The molecule has 5 nitrogen and oxygen atoms in total. The monoisotopic (exact) mass is 367 g/mol. The minimum absolute atomic E-state index is 0.230. The highest BCUT2D eigenvalue weighted by Crippen LogP contribution is 2.28. The van der Waals surface area contributed by atoms with Gasteiger partial charge in [0.2, 0.25) is 0 Å². The molecule has 1 heterocycles. The standard InChI is InChI=1S/C21H22FN3O2/c22-19-8-6-17(7-9-19)16-4-2-15(3-5-16)12-18(13-23)21(20(24)26)14-25-10-1-11-27-21/h2-9,18,25H,1,10-12,14H2,(H2,24,26)/t18-,21?/m0/s1. The van der Waals surface area contributed by atoms with Crippen LogP contribution in [0.2, 0.25) is 0 Å². The van der Waals surface area contributed by atoms with Gasteiger partial charge in [-0.1, -0.05) is 36.4 Å². The number of amides is 1. The maximum absolute atomic E-state index is 13.1. The Balaban J connectivity index is 1.80. The lowest BCUT2D eigenvalue weighted by atomic mass is 9.82. The number of benzene rings is 2. The zero-order valence-corrected chi connectivity index (χ0v) is 15.0. The minimum atomic E-state index is -1.33. The summed E-state index contributed by atoms with van der Waals surface area (Å²) >= 11 is 0. The summed E-state index contributed by atoms with van der Waals surface area (Å²) in [6.45, 7) is 1.34. The Morgan fingerprint density at radius 1 is 1.22 bits per heavy atom. The summed E-state index contributed by atoms with van der Waals surface area (Å²) in [6, 6.07) is 16.1. The van der Waals surface area contributed by atoms with Crippen molar-refractivity contribution in [1.82, 2.24) is 5.32 Å². The molecule has 2 aromatic rings. The Morgan fingerprint density at radius 2 is 1.85 bits per heavy atom. The van der Waals surface area contributed by atoms with Crippen LogP contribution in [-0.4, -0.2) is 31.2 Å². The first kappa shape index (κ1) is 19.0. The lowest BCUT2D eigenvalue weighted by Gasteiger charge is -2.33. The number of ether oxygens (including phenoxy) is 1. The fourth-order valence-corrected chi connectivity index (χ4v) is 3.36. The van der Waals surface area contributed by atoms with E-state index in [0.717, 1.165) is 29.7 Å². The molecule has 1 fully saturated rings. The number of nitrogens with one attached hydrogen (secondary N) is 1. The highest BCUT2D eigenvalue weighted by atomic mass is 19.1. The van der Waals surface area contributed by atoms with E-state index in [1.54, 1.807) is 12.1 Å². The minimum Gasteiger partial charge on any atom is -0.367 e. The molecule has 2 atom stereocenters. The third kappa shape index (κ3) is 4.16. The van der Waals surface area contributed by atoms with Crippen LogP contribution < -0.4 is 11.1 Å². The van der Waals surface area contributed by atoms with E-state index < -0.39 is 17.4 Å². The maximum Gasteiger partial charge on any atom is 0.252 e. The van der Waals surface area contributed by atoms with Gasteiger partial charge in [-0.2, -0.15) is 5.26 Å². The van der Waals surface area contributed by atoms with Crippen molar-refractivity contribution >= 4 is 5.91 Å². The van der Waals surface area contributed by atoms with Crippen molar-refractivity contribution in [3.63, 3.8) is 0 Å². The molecule has 0 radical (unpaired) electrons. The van der Waals surface area contributed by atoms with E-state index in [2.05, 4.69) is 11.4 Å². The molecular weight excluding hydrogens is 345 g/mol. The normalized spacial score (nSPS) is 21.0.